The van der Waals surface area contributed by atoms with Crippen molar-refractivity contribution in [2.75, 3.05) is 18.5 Å². The summed E-state index contributed by atoms with van der Waals surface area (Å²) in [6, 6.07) is 8.88. The van der Waals surface area contributed by atoms with Gasteiger partial charge in [0.25, 0.3) is 0 Å². The van der Waals surface area contributed by atoms with E-state index in [2.05, 4.69) is 10.6 Å². The topological polar surface area (TPSA) is 50.4 Å². The normalized spacial score (nSPS) is 11.1. The Morgan fingerprint density at radius 1 is 1.16 bits per heavy atom. The molecule has 0 radical (unpaired) electrons. The van der Waals surface area contributed by atoms with Crippen molar-refractivity contribution in [1.82, 2.24) is 5.32 Å². The summed E-state index contributed by atoms with van der Waals surface area (Å²) in [5.74, 6) is 0.631. The van der Waals surface area contributed by atoms with Gasteiger partial charge in [0.15, 0.2) is 0 Å². The molecule has 0 aliphatic carbocycles. The molecule has 0 aliphatic rings. The molecular weight excluding hydrogens is 357 g/mol. The van der Waals surface area contributed by atoms with E-state index in [4.69, 9.17) is 16.3 Å². The molecule has 25 heavy (non-hydrogen) atoms. The van der Waals surface area contributed by atoms with Crippen molar-refractivity contribution in [3.63, 3.8) is 0 Å². The average Bonchev–Trinajstić information content (AvgIpc) is 2.54. The molecule has 0 saturated carbocycles. The first kappa shape index (κ1) is 18.9. The molecule has 2 aromatic rings. The van der Waals surface area contributed by atoms with Crippen LogP contribution < -0.4 is 15.4 Å². The number of ether oxygens (including phenoxy) is 1. The van der Waals surface area contributed by atoms with Crippen LogP contribution >= 0.6 is 11.6 Å². The smallest absolute Gasteiger partial charge is 0.416 e. The van der Waals surface area contributed by atoms with Gasteiger partial charge in [-0.3, -0.25) is 0 Å². The molecule has 0 fully saturated rings. The number of rotatable bonds is 5. The largest absolute Gasteiger partial charge is 0.492 e. The van der Waals surface area contributed by atoms with Crippen molar-refractivity contribution in [2.24, 2.45) is 0 Å². The van der Waals surface area contributed by atoms with Crippen LogP contribution in [0.2, 0.25) is 5.02 Å². The highest BCUT2D eigenvalue weighted by atomic mass is 35.5. The summed E-state index contributed by atoms with van der Waals surface area (Å²) >= 11 is 5.91. The Balaban J connectivity index is 1.74. The maximum Gasteiger partial charge on any atom is 0.416 e. The fourth-order valence-electron chi connectivity index (χ4n) is 1.96. The zero-order chi connectivity index (χ0) is 18.4. The number of aryl methyl sites for hydroxylation is 1. The number of amides is 2. The van der Waals surface area contributed by atoms with Crippen LogP contribution in [0.25, 0.3) is 0 Å². The molecular formula is C17H16ClF3N2O2. The molecule has 2 aromatic carbocycles. The molecule has 4 nitrogen and oxygen atoms in total. The number of nitrogens with one attached hydrogen (secondary N) is 2. The van der Waals surface area contributed by atoms with Gasteiger partial charge in [0.2, 0.25) is 0 Å². The van der Waals surface area contributed by atoms with Crippen LogP contribution in [0.15, 0.2) is 42.5 Å². The molecule has 0 heterocycles. The standard InChI is InChI=1S/C17H16ClF3N2O2/c1-11-10-14(6-7-15(11)18)25-9-8-22-16(24)23-13-4-2-12(3-5-13)17(19,20)21/h2-7,10H,8-9H2,1H3,(H2,22,23,24). The molecule has 0 unspecified atom stereocenters. The van der Waals surface area contributed by atoms with Crippen molar-refractivity contribution in [1.29, 1.82) is 0 Å². The number of carbonyl (C=O) groups excluding carboxylic acids is 1. The van der Waals surface area contributed by atoms with Crippen molar-refractivity contribution < 1.29 is 22.7 Å². The van der Waals surface area contributed by atoms with E-state index < -0.39 is 17.8 Å². The van der Waals surface area contributed by atoms with Crippen molar-refractivity contribution >= 4 is 23.3 Å². The van der Waals surface area contributed by atoms with Gasteiger partial charge in [-0.15, -0.1) is 0 Å². The molecule has 0 atom stereocenters. The van der Waals surface area contributed by atoms with E-state index in [9.17, 15) is 18.0 Å². The van der Waals surface area contributed by atoms with Gasteiger partial charge in [-0.1, -0.05) is 11.6 Å². The number of anilines is 1. The highest BCUT2D eigenvalue weighted by Crippen LogP contribution is 2.29. The van der Waals surface area contributed by atoms with Crippen LogP contribution in [0.1, 0.15) is 11.1 Å². The van der Waals surface area contributed by atoms with Crippen LogP contribution in [0.5, 0.6) is 5.75 Å². The lowest BCUT2D eigenvalue weighted by molar-refractivity contribution is -0.137. The average molecular weight is 373 g/mol. The number of benzene rings is 2. The highest BCUT2D eigenvalue weighted by Gasteiger charge is 2.29. The third-order valence-electron chi connectivity index (χ3n) is 3.26. The lowest BCUT2D eigenvalue weighted by atomic mass is 10.2. The molecule has 134 valence electrons. The zero-order valence-corrected chi connectivity index (χ0v) is 14.0. The second kappa shape index (κ2) is 8.11. The van der Waals surface area contributed by atoms with Gasteiger partial charge in [-0.2, -0.15) is 13.2 Å². The minimum absolute atomic E-state index is 0.230. The van der Waals surface area contributed by atoms with Gasteiger partial charge in [-0.05, 0) is 55.0 Å². The predicted octanol–water partition coefficient (Wildman–Crippen LogP) is 4.87. The Kier molecular flexibility index (Phi) is 6.14. The van der Waals surface area contributed by atoms with Crippen molar-refractivity contribution in [3.05, 3.63) is 58.6 Å². The van der Waals surface area contributed by atoms with Gasteiger partial charge < -0.3 is 15.4 Å². The number of carbonyl (C=O) groups is 1. The van der Waals surface area contributed by atoms with Crippen LogP contribution in [0.4, 0.5) is 23.7 Å². The molecule has 0 saturated heterocycles. The Labute approximate surface area is 147 Å². The van der Waals surface area contributed by atoms with Crippen LogP contribution in [0, 0.1) is 6.92 Å². The summed E-state index contributed by atoms with van der Waals surface area (Å²) < 4.78 is 42.8. The van der Waals surface area contributed by atoms with Crippen LogP contribution in [-0.4, -0.2) is 19.2 Å². The number of alkyl halides is 3. The second-order valence-electron chi connectivity index (χ2n) is 5.22. The summed E-state index contributed by atoms with van der Waals surface area (Å²) in [5, 5.41) is 5.63. The SMILES string of the molecule is Cc1cc(OCCNC(=O)Nc2ccc(C(F)(F)F)cc2)ccc1Cl. The molecule has 0 aliphatic heterocycles. The molecule has 2 amide bonds. The fraction of sp³-hybridized carbons (Fsp3) is 0.235. The first-order valence-corrected chi connectivity index (χ1v) is 7.74. The summed E-state index contributed by atoms with van der Waals surface area (Å²) in [6.07, 6.45) is -4.40. The first-order chi connectivity index (χ1) is 11.8. The lowest BCUT2D eigenvalue weighted by Crippen LogP contribution is -2.32. The maximum atomic E-state index is 12.5. The van der Waals surface area contributed by atoms with E-state index >= 15 is 0 Å². The van der Waals surface area contributed by atoms with Crippen molar-refractivity contribution in [2.45, 2.75) is 13.1 Å². The fourth-order valence-corrected chi connectivity index (χ4v) is 2.08. The Hall–Kier alpha value is -2.41. The van der Waals surface area contributed by atoms with E-state index in [1.807, 2.05) is 6.92 Å². The predicted molar refractivity (Wildman–Crippen MR) is 90.1 cm³/mol. The van der Waals surface area contributed by atoms with Gasteiger partial charge in [0.1, 0.15) is 12.4 Å². The first-order valence-electron chi connectivity index (χ1n) is 7.37. The number of hydrogen-bond donors (Lipinski definition) is 2. The quantitative estimate of drug-likeness (QED) is 0.736. The third kappa shape index (κ3) is 5.86. The van der Waals surface area contributed by atoms with Crippen LogP contribution in [0.3, 0.4) is 0 Å². The summed E-state index contributed by atoms with van der Waals surface area (Å²) in [6.45, 7) is 2.32. The molecule has 0 bridgehead atoms. The number of hydrogen-bond acceptors (Lipinski definition) is 2. The summed E-state index contributed by atoms with van der Waals surface area (Å²) in [5.41, 5.74) is 0.372. The third-order valence-corrected chi connectivity index (χ3v) is 3.68. The zero-order valence-electron chi connectivity index (χ0n) is 13.3. The Bertz CT molecular complexity index is 734. The van der Waals surface area contributed by atoms with Crippen molar-refractivity contribution in [3.8, 4) is 5.75 Å². The lowest BCUT2D eigenvalue weighted by Gasteiger charge is -2.11. The van der Waals surface area contributed by atoms with Gasteiger partial charge in [0, 0.05) is 10.7 Å². The van der Waals surface area contributed by atoms with E-state index in [0.717, 1.165) is 17.7 Å². The molecule has 8 heteroatoms. The Morgan fingerprint density at radius 2 is 1.84 bits per heavy atom. The van der Waals surface area contributed by atoms with E-state index in [-0.39, 0.29) is 18.8 Å². The maximum absolute atomic E-state index is 12.5. The van der Waals surface area contributed by atoms with Gasteiger partial charge in [-0.25, -0.2) is 4.79 Å². The van der Waals surface area contributed by atoms with Gasteiger partial charge >= 0.3 is 12.2 Å². The summed E-state index contributed by atoms with van der Waals surface area (Å²) in [7, 11) is 0. The highest BCUT2D eigenvalue weighted by molar-refractivity contribution is 6.31. The second-order valence-corrected chi connectivity index (χ2v) is 5.62. The van der Waals surface area contributed by atoms with E-state index in [0.29, 0.717) is 10.8 Å². The summed E-state index contributed by atoms with van der Waals surface area (Å²) in [4.78, 5) is 11.7. The molecule has 0 aromatic heterocycles. The molecule has 2 N–H and O–H groups in total. The number of urea groups is 1. The molecule has 0 spiro atoms. The van der Waals surface area contributed by atoms with E-state index in [1.54, 1.807) is 18.2 Å². The minimum atomic E-state index is -4.40. The minimum Gasteiger partial charge on any atom is -0.492 e. The van der Waals surface area contributed by atoms with Gasteiger partial charge in [0.05, 0.1) is 12.1 Å². The van der Waals surface area contributed by atoms with E-state index in [1.165, 1.54) is 12.1 Å². The molecule has 2 rings (SSSR count). The monoisotopic (exact) mass is 372 g/mol. The van der Waals surface area contributed by atoms with Crippen LogP contribution in [-0.2, 0) is 6.18 Å². The Morgan fingerprint density at radius 3 is 2.44 bits per heavy atom. The number of halogens is 4.